The molecule has 2 amide bonds. The van der Waals surface area contributed by atoms with Crippen molar-refractivity contribution in [2.45, 2.75) is 33.1 Å². The van der Waals surface area contributed by atoms with Gasteiger partial charge in [-0.25, -0.2) is 0 Å². The van der Waals surface area contributed by atoms with Gasteiger partial charge in [0.15, 0.2) is 0 Å². The number of carbonyl (C=O) groups excluding carboxylic acids is 2. The number of amides is 2. The van der Waals surface area contributed by atoms with Crippen LogP contribution in [-0.4, -0.2) is 74.0 Å². The van der Waals surface area contributed by atoms with Crippen molar-refractivity contribution in [1.82, 2.24) is 9.80 Å². The number of rotatable bonds is 5. The number of anilines is 2. The second-order valence-corrected chi connectivity index (χ2v) is 7.48. The van der Waals surface area contributed by atoms with Gasteiger partial charge in [-0.1, -0.05) is 6.92 Å². The highest BCUT2D eigenvalue weighted by Gasteiger charge is 2.24. The van der Waals surface area contributed by atoms with Crippen molar-refractivity contribution in [3.05, 3.63) is 24.3 Å². The zero-order valence-corrected chi connectivity index (χ0v) is 16.7. The summed E-state index contributed by atoms with van der Waals surface area (Å²) in [5.41, 5.74) is 1.99. The first-order valence-electron chi connectivity index (χ1n) is 10.2. The zero-order chi connectivity index (χ0) is 19.2. The second-order valence-electron chi connectivity index (χ2n) is 7.48. The predicted octanol–water partition coefficient (Wildman–Crippen LogP) is 2.19. The summed E-state index contributed by atoms with van der Waals surface area (Å²) in [6, 6.07) is 8.07. The first kappa shape index (κ1) is 19.7. The van der Waals surface area contributed by atoms with E-state index in [0.717, 1.165) is 51.5 Å². The molecule has 27 heavy (non-hydrogen) atoms. The van der Waals surface area contributed by atoms with Crippen molar-refractivity contribution in [3.8, 4) is 0 Å². The second kappa shape index (κ2) is 9.22. The van der Waals surface area contributed by atoms with Crippen molar-refractivity contribution in [3.63, 3.8) is 0 Å². The van der Waals surface area contributed by atoms with Crippen molar-refractivity contribution >= 4 is 23.2 Å². The molecule has 2 aliphatic heterocycles. The maximum absolute atomic E-state index is 12.7. The fraction of sp³-hybridized carbons (Fsp3) is 0.619. The maximum Gasteiger partial charge on any atom is 0.242 e. The van der Waals surface area contributed by atoms with Crippen LogP contribution in [0.25, 0.3) is 0 Å². The lowest BCUT2D eigenvalue weighted by molar-refractivity contribution is -0.132. The van der Waals surface area contributed by atoms with E-state index in [1.165, 1.54) is 31.9 Å². The Balaban J connectivity index is 1.63. The summed E-state index contributed by atoms with van der Waals surface area (Å²) in [6.45, 7) is 10.3. The molecule has 2 saturated heterocycles. The normalized spacial score (nSPS) is 18.4. The smallest absolute Gasteiger partial charge is 0.242 e. The summed E-state index contributed by atoms with van der Waals surface area (Å²) in [6.07, 6.45) is 3.78. The van der Waals surface area contributed by atoms with Gasteiger partial charge < -0.3 is 19.6 Å². The molecule has 6 heteroatoms. The van der Waals surface area contributed by atoms with Gasteiger partial charge in [0.05, 0.1) is 0 Å². The van der Waals surface area contributed by atoms with E-state index in [2.05, 4.69) is 28.9 Å². The molecule has 6 nitrogen and oxygen atoms in total. The minimum Gasteiger partial charge on any atom is -0.372 e. The Kier molecular flexibility index (Phi) is 6.72. The quantitative estimate of drug-likeness (QED) is 0.795. The van der Waals surface area contributed by atoms with Crippen LogP contribution in [0.5, 0.6) is 0 Å². The van der Waals surface area contributed by atoms with Crippen LogP contribution in [-0.2, 0) is 9.59 Å². The minimum atomic E-state index is -0.0960. The molecule has 0 unspecified atom stereocenters. The van der Waals surface area contributed by atoms with E-state index in [9.17, 15) is 9.59 Å². The zero-order valence-electron chi connectivity index (χ0n) is 16.7. The van der Waals surface area contributed by atoms with Gasteiger partial charge in [0.1, 0.15) is 6.54 Å². The molecule has 1 aromatic carbocycles. The fourth-order valence-corrected chi connectivity index (χ4v) is 3.93. The number of carbonyl (C=O) groups is 2. The van der Waals surface area contributed by atoms with Crippen LogP contribution in [0.1, 0.15) is 33.1 Å². The molecular weight excluding hydrogens is 340 g/mol. The van der Waals surface area contributed by atoms with E-state index in [-0.39, 0.29) is 18.4 Å². The lowest BCUT2D eigenvalue weighted by atomic mass is 10.1. The highest BCUT2D eigenvalue weighted by molar-refractivity contribution is 5.97. The number of hydrogen-bond acceptors (Lipinski definition) is 4. The highest BCUT2D eigenvalue weighted by Crippen LogP contribution is 2.24. The van der Waals surface area contributed by atoms with Crippen LogP contribution in [0.2, 0.25) is 0 Å². The van der Waals surface area contributed by atoms with Gasteiger partial charge in [-0.05, 0) is 50.1 Å². The van der Waals surface area contributed by atoms with E-state index >= 15 is 0 Å². The number of piperazine rings is 1. The molecule has 148 valence electrons. The highest BCUT2D eigenvalue weighted by atomic mass is 16.2. The molecule has 0 spiro atoms. The molecular formula is C21H32N4O2. The third kappa shape index (κ3) is 5.01. The molecule has 0 bridgehead atoms. The summed E-state index contributed by atoms with van der Waals surface area (Å²) in [4.78, 5) is 33.1. The lowest BCUT2D eigenvalue weighted by Gasteiger charge is -2.35. The third-order valence-electron chi connectivity index (χ3n) is 5.73. The van der Waals surface area contributed by atoms with Crippen molar-refractivity contribution in [2.24, 2.45) is 0 Å². The Bertz CT molecular complexity index is 632. The molecule has 0 aromatic heterocycles. The standard InChI is InChI=1S/C21H32N4O2/c1-3-22-13-15-24(16-14-22)21(27)17-25(18(2)26)20-9-7-19(8-10-20)23-11-5-4-6-12-23/h7-10H,3-6,11-17H2,1-2H3. The molecule has 0 aliphatic carbocycles. The molecule has 1 aromatic rings. The Morgan fingerprint density at radius 2 is 1.56 bits per heavy atom. The maximum atomic E-state index is 12.7. The molecule has 2 heterocycles. The van der Waals surface area contributed by atoms with Crippen molar-refractivity contribution < 1.29 is 9.59 Å². The number of benzene rings is 1. The van der Waals surface area contributed by atoms with Crippen LogP contribution in [0.3, 0.4) is 0 Å². The number of hydrogen-bond donors (Lipinski definition) is 0. The number of likely N-dealkylation sites (N-methyl/N-ethyl adjacent to an activating group) is 1. The largest absolute Gasteiger partial charge is 0.372 e. The van der Waals surface area contributed by atoms with Crippen LogP contribution < -0.4 is 9.80 Å². The summed E-state index contributed by atoms with van der Waals surface area (Å²) in [5.74, 6) is -0.0673. The van der Waals surface area contributed by atoms with Crippen molar-refractivity contribution in [1.29, 1.82) is 0 Å². The SMILES string of the molecule is CCN1CCN(C(=O)CN(C(C)=O)c2ccc(N3CCCCC3)cc2)CC1. The van der Waals surface area contributed by atoms with Gasteiger partial charge in [0.2, 0.25) is 11.8 Å². The van der Waals surface area contributed by atoms with E-state index in [4.69, 9.17) is 0 Å². The lowest BCUT2D eigenvalue weighted by Crippen LogP contribution is -2.51. The number of nitrogens with zero attached hydrogens (tertiary/aromatic N) is 4. The van der Waals surface area contributed by atoms with Crippen molar-refractivity contribution in [2.75, 3.05) is 62.2 Å². The Labute approximate surface area is 162 Å². The third-order valence-corrected chi connectivity index (χ3v) is 5.73. The molecule has 0 radical (unpaired) electrons. The van der Waals surface area contributed by atoms with Crippen LogP contribution in [0.15, 0.2) is 24.3 Å². The van der Waals surface area contributed by atoms with Gasteiger partial charge in [-0.15, -0.1) is 0 Å². The topological polar surface area (TPSA) is 47.1 Å². The first-order valence-corrected chi connectivity index (χ1v) is 10.2. The van der Waals surface area contributed by atoms with Gasteiger partial charge in [0, 0.05) is 57.6 Å². The number of piperidine rings is 1. The molecule has 0 N–H and O–H groups in total. The van der Waals surface area contributed by atoms with Gasteiger partial charge in [-0.3, -0.25) is 9.59 Å². The minimum absolute atomic E-state index is 0.0288. The Morgan fingerprint density at radius 3 is 2.11 bits per heavy atom. The summed E-state index contributed by atoms with van der Waals surface area (Å²) in [5, 5.41) is 0. The van der Waals surface area contributed by atoms with E-state index in [1.807, 2.05) is 17.0 Å². The van der Waals surface area contributed by atoms with Crippen LogP contribution in [0.4, 0.5) is 11.4 Å². The van der Waals surface area contributed by atoms with E-state index < -0.39 is 0 Å². The van der Waals surface area contributed by atoms with E-state index in [0.29, 0.717) is 0 Å². The van der Waals surface area contributed by atoms with Gasteiger partial charge >= 0.3 is 0 Å². The monoisotopic (exact) mass is 372 g/mol. The Morgan fingerprint density at radius 1 is 0.926 bits per heavy atom. The molecule has 2 fully saturated rings. The first-order chi connectivity index (χ1) is 13.1. The summed E-state index contributed by atoms with van der Waals surface area (Å²) >= 11 is 0. The average Bonchev–Trinajstić information content (AvgIpc) is 2.72. The molecule has 0 atom stereocenters. The average molecular weight is 373 g/mol. The van der Waals surface area contributed by atoms with Gasteiger partial charge in [0.25, 0.3) is 0 Å². The fourth-order valence-electron chi connectivity index (χ4n) is 3.93. The van der Waals surface area contributed by atoms with E-state index in [1.54, 1.807) is 4.90 Å². The summed E-state index contributed by atoms with van der Waals surface area (Å²) < 4.78 is 0. The molecule has 2 aliphatic rings. The molecule has 3 rings (SSSR count). The summed E-state index contributed by atoms with van der Waals surface area (Å²) in [7, 11) is 0. The molecule has 0 saturated carbocycles. The predicted molar refractivity (Wildman–Crippen MR) is 109 cm³/mol. The van der Waals surface area contributed by atoms with Crippen LogP contribution >= 0.6 is 0 Å². The van der Waals surface area contributed by atoms with Gasteiger partial charge in [-0.2, -0.15) is 0 Å². The van der Waals surface area contributed by atoms with Crippen LogP contribution in [0, 0.1) is 0 Å². The Hall–Kier alpha value is -2.08.